The molecule has 1 saturated heterocycles. The van der Waals surface area contributed by atoms with Crippen LogP contribution < -0.4 is 0 Å². The smallest absolute Gasteiger partial charge is 0.265 e. The number of benzene rings is 1. The van der Waals surface area contributed by atoms with Gasteiger partial charge in [-0.2, -0.15) is 0 Å². The van der Waals surface area contributed by atoms with Crippen molar-refractivity contribution in [2.45, 2.75) is 51.6 Å². The van der Waals surface area contributed by atoms with E-state index in [9.17, 15) is 9.59 Å². The number of fused-ring (bicyclic) bond motifs is 1. The molecule has 2 aromatic rings. The first-order valence-electron chi connectivity index (χ1n) is 11.6. The lowest BCUT2D eigenvalue weighted by Crippen LogP contribution is -2.43. The van der Waals surface area contributed by atoms with Crippen molar-refractivity contribution < 1.29 is 19.1 Å². The van der Waals surface area contributed by atoms with Gasteiger partial charge in [0.15, 0.2) is 5.78 Å². The van der Waals surface area contributed by atoms with Crippen LogP contribution in [0.15, 0.2) is 41.8 Å². The zero-order valence-electron chi connectivity index (χ0n) is 18.9. The Hall–Kier alpha value is -2.32. The van der Waals surface area contributed by atoms with Crippen molar-refractivity contribution in [3.63, 3.8) is 0 Å². The van der Waals surface area contributed by atoms with Crippen LogP contribution in [0.2, 0.25) is 0 Å². The van der Waals surface area contributed by atoms with Gasteiger partial charge in [-0.15, -0.1) is 11.3 Å². The van der Waals surface area contributed by atoms with Gasteiger partial charge in [-0.25, -0.2) is 0 Å². The molecule has 1 aromatic heterocycles. The first kappa shape index (κ1) is 22.5. The van der Waals surface area contributed by atoms with Gasteiger partial charge >= 0.3 is 0 Å². The van der Waals surface area contributed by atoms with E-state index < -0.39 is 0 Å². The number of rotatable bonds is 7. The molecule has 2 fully saturated rings. The number of carbonyl (C=O) groups excluding carboxylic acids is 2. The number of carbonyl (C=O) groups is 2. The summed E-state index contributed by atoms with van der Waals surface area (Å²) in [5.74, 6) is 0.104. The van der Waals surface area contributed by atoms with Crippen molar-refractivity contribution in [3.05, 3.63) is 68.9 Å². The molecule has 5 rings (SSSR count). The molecule has 174 valence electrons. The van der Waals surface area contributed by atoms with Gasteiger partial charge in [-0.3, -0.25) is 14.5 Å². The summed E-state index contributed by atoms with van der Waals surface area (Å²) in [6.07, 6.45) is 1.89. The van der Waals surface area contributed by atoms with Gasteiger partial charge in [0, 0.05) is 38.2 Å². The number of ketones is 1. The second-order valence-electron chi connectivity index (χ2n) is 9.15. The SMILES string of the molecule is C=C1CC[C@H](N2Cc3c(COCc4ccc(CN5CCOCC5)cc4)csc3C2=O)C(=O)C1. The monoisotopic (exact) mass is 466 g/mol. The number of hydrogen-bond donors (Lipinski definition) is 0. The van der Waals surface area contributed by atoms with Crippen LogP contribution in [0.25, 0.3) is 0 Å². The molecule has 33 heavy (non-hydrogen) atoms. The molecule has 0 bridgehead atoms. The van der Waals surface area contributed by atoms with E-state index in [1.165, 1.54) is 16.9 Å². The second kappa shape index (κ2) is 9.89. The van der Waals surface area contributed by atoms with Gasteiger partial charge in [-0.05, 0) is 34.9 Å². The van der Waals surface area contributed by atoms with E-state index in [-0.39, 0.29) is 17.7 Å². The van der Waals surface area contributed by atoms with Gasteiger partial charge in [0.25, 0.3) is 5.91 Å². The highest BCUT2D eigenvalue weighted by atomic mass is 32.1. The Balaban J connectivity index is 1.14. The van der Waals surface area contributed by atoms with Crippen LogP contribution in [0.1, 0.15) is 51.2 Å². The molecule has 2 aliphatic heterocycles. The number of allylic oxidation sites excluding steroid dienone is 1. The standard InChI is InChI=1S/C26H30N2O4S/c1-18-2-7-23(24(29)12-18)28-14-22-21(17-33-25(22)26(28)30)16-32-15-20-5-3-19(4-6-20)13-27-8-10-31-11-9-27/h3-6,17,23H,1-2,7-16H2/t23-/m0/s1. The molecule has 3 heterocycles. The van der Waals surface area contributed by atoms with Crippen LogP contribution in [0, 0.1) is 0 Å². The largest absolute Gasteiger partial charge is 0.379 e. The summed E-state index contributed by atoms with van der Waals surface area (Å²) in [5.41, 5.74) is 5.50. The van der Waals surface area contributed by atoms with Gasteiger partial charge in [0.2, 0.25) is 0 Å². The highest BCUT2D eigenvalue weighted by molar-refractivity contribution is 7.12. The summed E-state index contributed by atoms with van der Waals surface area (Å²) in [5, 5.41) is 2.02. The second-order valence-corrected chi connectivity index (χ2v) is 10.0. The average molecular weight is 467 g/mol. The molecule has 1 atom stereocenters. The Bertz CT molecular complexity index is 1040. The fourth-order valence-electron chi connectivity index (χ4n) is 4.84. The summed E-state index contributed by atoms with van der Waals surface area (Å²) in [4.78, 5) is 30.3. The van der Waals surface area contributed by atoms with Crippen LogP contribution in [0.3, 0.4) is 0 Å². The fraction of sp³-hybridized carbons (Fsp3) is 0.462. The van der Waals surface area contributed by atoms with Crippen molar-refractivity contribution in [2.24, 2.45) is 0 Å². The molecule has 1 aromatic carbocycles. The first-order chi connectivity index (χ1) is 16.1. The maximum atomic E-state index is 12.9. The third kappa shape index (κ3) is 4.96. The first-order valence-corrected chi connectivity index (χ1v) is 12.5. The summed E-state index contributed by atoms with van der Waals surface area (Å²) in [6, 6.07) is 8.28. The van der Waals surface area contributed by atoms with Crippen molar-refractivity contribution >= 4 is 23.0 Å². The Kier molecular flexibility index (Phi) is 6.74. The predicted molar refractivity (Wildman–Crippen MR) is 127 cm³/mol. The van der Waals surface area contributed by atoms with Crippen LogP contribution in [0.4, 0.5) is 0 Å². The van der Waals surface area contributed by atoms with Crippen molar-refractivity contribution in [1.82, 2.24) is 9.80 Å². The predicted octanol–water partition coefficient (Wildman–Crippen LogP) is 3.93. The number of nitrogens with zero attached hydrogens (tertiary/aromatic N) is 2. The van der Waals surface area contributed by atoms with Crippen LogP contribution >= 0.6 is 11.3 Å². The molecule has 0 radical (unpaired) electrons. The highest BCUT2D eigenvalue weighted by Crippen LogP contribution is 2.36. The summed E-state index contributed by atoms with van der Waals surface area (Å²) >= 11 is 1.47. The van der Waals surface area contributed by atoms with Gasteiger partial charge in [-0.1, -0.05) is 36.4 Å². The lowest BCUT2D eigenvalue weighted by Gasteiger charge is -2.30. The van der Waals surface area contributed by atoms with Crippen LogP contribution in [-0.2, 0) is 40.6 Å². The maximum absolute atomic E-state index is 12.9. The summed E-state index contributed by atoms with van der Waals surface area (Å²) in [7, 11) is 0. The third-order valence-corrected chi connectivity index (χ3v) is 7.83. The highest BCUT2D eigenvalue weighted by Gasteiger charge is 2.39. The molecular weight excluding hydrogens is 436 g/mol. The van der Waals surface area contributed by atoms with Crippen molar-refractivity contribution in [3.8, 4) is 0 Å². The minimum atomic E-state index is -0.313. The minimum absolute atomic E-state index is 0.0111. The molecule has 0 N–H and O–H groups in total. The van der Waals surface area contributed by atoms with E-state index in [4.69, 9.17) is 9.47 Å². The number of morpholine rings is 1. The van der Waals surface area contributed by atoms with Gasteiger partial charge < -0.3 is 14.4 Å². The quantitative estimate of drug-likeness (QED) is 0.579. The molecule has 1 amide bonds. The third-order valence-electron chi connectivity index (χ3n) is 6.77. The zero-order valence-corrected chi connectivity index (χ0v) is 19.7. The average Bonchev–Trinajstić information content (AvgIpc) is 3.36. The Morgan fingerprint density at radius 1 is 1.09 bits per heavy atom. The molecule has 3 aliphatic rings. The molecule has 0 spiro atoms. The maximum Gasteiger partial charge on any atom is 0.265 e. The zero-order chi connectivity index (χ0) is 22.8. The lowest BCUT2D eigenvalue weighted by atomic mass is 9.90. The number of amides is 1. The van der Waals surface area contributed by atoms with Crippen molar-refractivity contribution in [2.75, 3.05) is 26.3 Å². The van der Waals surface area contributed by atoms with E-state index in [0.29, 0.717) is 32.6 Å². The number of ether oxygens (including phenoxy) is 2. The molecule has 7 heteroatoms. The van der Waals surface area contributed by atoms with Gasteiger partial charge in [0.1, 0.15) is 0 Å². The van der Waals surface area contributed by atoms with E-state index in [2.05, 4.69) is 35.7 Å². The van der Waals surface area contributed by atoms with E-state index in [1.54, 1.807) is 4.90 Å². The summed E-state index contributed by atoms with van der Waals surface area (Å²) in [6.45, 7) is 9.99. The fourth-order valence-corrected chi connectivity index (χ4v) is 5.86. The topological polar surface area (TPSA) is 59.1 Å². The number of thiophene rings is 1. The molecule has 1 aliphatic carbocycles. The van der Waals surface area contributed by atoms with Crippen molar-refractivity contribution in [1.29, 1.82) is 0 Å². The lowest BCUT2D eigenvalue weighted by molar-refractivity contribution is -0.124. The van der Waals surface area contributed by atoms with Crippen LogP contribution in [-0.4, -0.2) is 53.8 Å². The van der Waals surface area contributed by atoms with Gasteiger partial charge in [0.05, 0.1) is 37.3 Å². The molecular formula is C26H30N2O4S. The molecule has 6 nitrogen and oxygen atoms in total. The Morgan fingerprint density at radius 3 is 2.61 bits per heavy atom. The Morgan fingerprint density at radius 2 is 1.85 bits per heavy atom. The molecule has 1 saturated carbocycles. The number of Topliss-reactive ketones (excluding diaryl/α,β-unsaturated/α-hetero) is 1. The van der Waals surface area contributed by atoms with E-state index in [1.807, 2.05) is 5.38 Å². The Labute approximate surface area is 198 Å². The minimum Gasteiger partial charge on any atom is -0.379 e. The van der Waals surface area contributed by atoms with Crippen LogP contribution in [0.5, 0.6) is 0 Å². The van der Waals surface area contributed by atoms with E-state index in [0.717, 1.165) is 66.4 Å². The normalized spacial score (nSPS) is 21.6. The summed E-state index contributed by atoms with van der Waals surface area (Å²) < 4.78 is 11.4. The van der Waals surface area contributed by atoms with E-state index >= 15 is 0 Å². The number of hydrogen-bond acceptors (Lipinski definition) is 6. The molecule has 0 unspecified atom stereocenters.